The van der Waals surface area contributed by atoms with Crippen LogP contribution < -0.4 is 5.32 Å². The Morgan fingerprint density at radius 2 is 2.46 bits per heavy atom. The number of nitrogens with zero attached hydrogens (tertiary/aromatic N) is 1. The predicted octanol–water partition coefficient (Wildman–Crippen LogP) is 1.25. The van der Waals surface area contributed by atoms with Crippen molar-refractivity contribution in [2.75, 3.05) is 0 Å². The maximum atomic E-state index is 11.4. The Labute approximate surface area is 77.8 Å². The zero-order valence-corrected chi connectivity index (χ0v) is 8.22. The van der Waals surface area contributed by atoms with Gasteiger partial charge in [0, 0.05) is 6.04 Å². The first-order valence-corrected chi connectivity index (χ1v) is 4.46. The van der Waals surface area contributed by atoms with Gasteiger partial charge in [-0.15, -0.1) is 0 Å². The number of rotatable bonds is 3. The number of amides is 1. The molecule has 0 spiro atoms. The largest absolute Gasteiger partial charge is 0.348 e. The molecule has 0 aliphatic rings. The van der Waals surface area contributed by atoms with Crippen LogP contribution in [0.3, 0.4) is 0 Å². The van der Waals surface area contributed by atoms with Gasteiger partial charge < -0.3 is 10.3 Å². The normalized spacial score (nSPS) is 12.5. The minimum Gasteiger partial charge on any atom is -0.348 e. The molecule has 1 aromatic heterocycles. The Bertz CT molecular complexity index is 293. The number of carbonyl (C=O) groups excluding carboxylic acids is 1. The molecular weight excluding hydrogens is 166 g/mol. The van der Waals surface area contributed by atoms with Gasteiger partial charge in [0.15, 0.2) is 0 Å². The number of nitrogens with one attached hydrogen (secondary N) is 2. The fraction of sp³-hybridized carbons (Fsp3) is 0.556. The first kappa shape index (κ1) is 9.77. The highest BCUT2D eigenvalue weighted by molar-refractivity contribution is 5.92. The quantitative estimate of drug-likeness (QED) is 0.737. The van der Waals surface area contributed by atoms with E-state index in [1.807, 2.05) is 20.8 Å². The lowest BCUT2D eigenvalue weighted by Gasteiger charge is -2.09. The van der Waals surface area contributed by atoms with E-state index in [4.69, 9.17) is 0 Å². The summed E-state index contributed by atoms with van der Waals surface area (Å²) in [6.07, 6.45) is 2.48. The Morgan fingerprint density at radius 3 is 2.92 bits per heavy atom. The molecule has 13 heavy (non-hydrogen) atoms. The standard InChI is InChI=1S/C9H15N3O/c1-4-6(2)11-9(13)8-5-10-7(3)12-8/h5-6H,4H2,1-3H3,(H,10,12)(H,11,13). The second-order valence-electron chi connectivity index (χ2n) is 3.17. The highest BCUT2D eigenvalue weighted by Crippen LogP contribution is 1.97. The fourth-order valence-electron chi connectivity index (χ4n) is 0.940. The molecule has 1 atom stereocenters. The average molecular weight is 181 g/mol. The average Bonchev–Trinajstić information content (AvgIpc) is 2.51. The van der Waals surface area contributed by atoms with Crippen LogP contribution in [0.25, 0.3) is 0 Å². The van der Waals surface area contributed by atoms with Gasteiger partial charge in [0.2, 0.25) is 0 Å². The second kappa shape index (κ2) is 4.07. The summed E-state index contributed by atoms with van der Waals surface area (Å²) in [7, 11) is 0. The number of H-pyrrole nitrogens is 1. The summed E-state index contributed by atoms with van der Waals surface area (Å²) in [5.41, 5.74) is 0.526. The smallest absolute Gasteiger partial charge is 0.269 e. The molecular formula is C9H15N3O. The summed E-state index contributed by atoms with van der Waals surface area (Å²) in [5.74, 6) is 0.671. The van der Waals surface area contributed by atoms with Crippen molar-refractivity contribution < 1.29 is 4.79 Å². The molecule has 0 saturated heterocycles. The van der Waals surface area contributed by atoms with Crippen molar-refractivity contribution in [3.63, 3.8) is 0 Å². The number of hydrogen-bond acceptors (Lipinski definition) is 2. The topological polar surface area (TPSA) is 57.8 Å². The van der Waals surface area contributed by atoms with E-state index >= 15 is 0 Å². The SMILES string of the molecule is CCC(C)NC(=O)c1cnc(C)[nH]1. The molecule has 1 heterocycles. The summed E-state index contributed by atoms with van der Waals surface area (Å²) in [4.78, 5) is 18.3. The van der Waals surface area contributed by atoms with Crippen LogP contribution in [0.1, 0.15) is 36.6 Å². The summed E-state index contributed by atoms with van der Waals surface area (Å²) in [6.45, 7) is 5.82. The molecule has 0 fully saturated rings. The van der Waals surface area contributed by atoms with Gasteiger partial charge in [-0.25, -0.2) is 4.98 Å². The zero-order valence-electron chi connectivity index (χ0n) is 8.22. The van der Waals surface area contributed by atoms with Gasteiger partial charge in [0.1, 0.15) is 11.5 Å². The maximum absolute atomic E-state index is 11.4. The lowest BCUT2D eigenvalue weighted by molar-refractivity contribution is 0.0934. The molecule has 0 bridgehead atoms. The van der Waals surface area contributed by atoms with Crippen LogP contribution in [0.4, 0.5) is 0 Å². The Kier molecular flexibility index (Phi) is 3.06. The van der Waals surface area contributed by atoms with Crippen LogP contribution in [-0.4, -0.2) is 21.9 Å². The van der Waals surface area contributed by atoms with Crippen LogP contribution in [0.5, 0.6) is 0 Å². The third-order valence-corrected chi connectivity index (χ3v) is 1.94. The second-order valence-corrected chi connectivity index (χ2v) is 3.17. The van der Waals surface area contributed by atoms with E-state index in [1.165, 1.54) is 0 Å². The third-order valence-electron chi connectivity index (χ3n) is 1.94. The third kappa shape index (κ3) is 2.57. The first-order chi connectivity index (χ1) is 6.13. The minimum absolute atomic E-state index is 0.0880. The van der Waals surface area contributed by atoms with E-state index in [-0.39, 0.29) is 11.9 Å². The summed E-state index contributed by atoms with van der Waals surface area (Å²) >= 11 is 0. The number of aromatic amines is 1. The van der Waals surface area contributed by atoms with Crippen molar-refractivity contribution in [2.45, 2.75) is 33.2 Å². The van der Waals surface area contributed by atoms with E-state index in [9.17, 15) is 4.79 Å². The van der Waals surface area contributed by atoms with E-state index < -0.39 is 0 Å². The van der Waals surface area contributed by atoms with E-state index in [0.29, 0.717) is 5.69 Å². The molecule has 0 aliphatic carbocycles. The van der Waals surface area contributed by atoms with Crippen molar-refractivity contribution in [1.29, 1.82) is 0 Å². The number of carbonyl (C=O) groups is 1. The molecule has 72 valence electrons. The van der Waals surface area contributed by atoms with Crippen LogP contribution in [-0.2, 0) is 0 Å². The summed E-state index contributed by atoms with van der Waals surface area (Å²) < 4.78 is 0. The van der Waals surface area contributed by atoms with Crippen molar-refractivity contribution in [2.24, 2.45) is 0 Å². The van der Waals surface area contributed by atoms with E-state index in [2.05, 4.69) is 15.3 Å². The maximum Gasteiger partial charge on any atom is 0.269 e. The van der Waals surface area contributed by atoms with Crippen molar-refractivity contribution in [1.82, 2.24) is 15.3 Å². The van der Waals surface area contributed by atoms with Crippen LogP contribution in [0.2, 0.25) is 0 Å². The van der Waals surface area contributed by atoms with Crippen LogP contribution in [0.15, 0.2) is 6.20 Å². The summed E-state index contributed by atoms with van der Waals surface area (Å²) in [5, 5.41) is 2.85. The lowest BCUT2D eigenvalue weighted by atomic mass is 10.2. The number of aryl methyl sites for hydroxylation is 1. The summed E-state index contributed by atoms with van der Waals surface area (Å²) in [6, 6.07) is 0.205. The van der Waals surface area contributed by atoms with Crippen LogP contribution >= 0.6 is 0 Å². The molecule has 1 rings (SSSR count). The minimum atomic E-state index is -0.0880. The van der Waals surface area contributed by atoms with E-state index in [1.54, 1.807) is 6.20 Å². The van der Waals surface area contributed by atoms with E-state index in [0.717, 1.165) is 12.2 Å². The molecule has 0 saturated carbocycles. The van der Waals surface area contributed by atoms with Gasteiger partial charge in [-0.05, 0) is 20.3 Å². The van der Waals surface area contributed by atoms with Crippen LogP contribution in [0, 0.1) is 6.92 Å². The van der Waals surface area contributed by atoms with Crippen molar-refractivity contribution in [3.8, 4) is 0 Å². The zero-order chi connectivity index (χ0) is 9.84. The monoisotopic (exact) mass is 181 g/mol. The Balaban J connectivity index is 2.58. The molecule has 0 radical (unpaired) electrons. The molecule has 0 aliphatic heterocycles. The number of imidazole rings is 1. The van der Waals surface area contributed by atoms with Gasteiger partial charge in [0.05, 0.1) is 6.20 Å². The Hall–Kier alpha value is -1.32. The predicted molar refractivity (Wildman–Crippen MR) is 50.5 cm³/mol. The van der Waals surface area contributed by atoms with Gasteiger partial charge in [-0.3, -0.25) is 4.79 Å². The van der Waals surface area contributed by atoms with Gasteiger partial charge in [0.25, 0.3) is 5.91 Å². The first-order valence-electron chi connectivity index (χ1n) is 4.46. The highest BCUT2D eigenvalue weighted by atomic mass is 16.1. The highest BCUT2D eigenvalue weighted by Gasteiger charge is 2.09. The molecule has 1 amide bonds. The molecule has 2 N–H and O–H groups in total. The molecule has 4 heteroatoms. The molecule has 1 aromatic rings. The Morgan fingerprint density at radius 1 is 1.77 bits per heavy atom. The lowest BCUT2D eigenvalue weighted by Crippen LogP contribution is -2.32. The number of hydrogen-bond donors (Lipinski definition) is 2. The van der Waals surface area contributed by atoms with Crippen molar-refractivity contribution in [3.05, 3.63) is 17.7 Å². The molecule has 1 unspecified atom stereocenters. The van der Waals surface area contributed by atoms with Gasteiger partial charge in [-0.2, -0.15) is 0 Å². The van der Waals surface area contributed by atoms with Gasteiger partial charge in [-0.1, -0.05) is 6.92 Å². The number of aromatic nitrogens is 2. The molecule has 4 nitrogen and oxygen atoms in total. The fourth-order valence-corrected chi connectivity index (χ4v) is 0.940. The molecule has 0 aromatic carbocycles. The van der Waals surface area contributed by atoms with Gasteiger partial charge >= 0.3 is 0 Å². The van der Waals surface area contributed by atoms with Crippen molar-refractivity contribution >= 4 is 5.91 Å².